The van der Waals surface area contributed by atoms with Gasteiger partial charge in [0.15, 0.2) is 0 Å². The molecule has 0 saturated heterocycles. The third-order valence-electron chi connectivity index (χ3n) is 8.47. The van der Waals surface area contributed by atoms with Crippen LogP contribution in [0.2, 0.25) is 0 Å². The fourth-order valence-corrected chi connectivity index (χ4v) is 6.77. The monoisotopic (exact) mass is 479 g/mol. The minimum Gasteiger partial charge on any atom is -0.349 e. The number of anilines is 1. The first-order valence-corrected chi connectivity index (χ1v) is 12.5. The molecule has 0 radical (unpaired) electrons. The number of rotatable bonds is 2. The Morgan fingerprint density at radius 3 is 2.43 bits per heavy atom. The van der Waals surface area contributed by atoms with Crippen molar-refractivity contribution >= 4 is 61.7 Å². The van der Waals surface area contributed by atoms with Gasteiger partial charge < -0.3 is 4.90 Å². The van der Waals surface area contributed by atoms with E-state index < -0.39 is 0 Å². The lowest BCUT2D eigenvalue weighted by Crippen LogP contribution is -2.55. The van der Waals surface area contributed by atoms with Gasteiger partial charge in [0.25, 0.3) is 6.71 Å². The molecule has 2 aliphatic rings. The van der Waals surface area contributed by atoms with Crippen LogP contribution in [0.3, 0.4) is 0 Å². The maximum Gasteiger partial charge on any atom is 0.252 e. The van der Waals surface area contributed by atoms with Crippen LogP contribution in [0.4, 0.5) is 10.1 Å². The molecule has 0 bridgehead atoms. The summed E-state index contributed by atoms with van der Waals surface area (Å²) >= 11 is 0. The zero-order valence-corrected chi connectivity index (χ0v) is 20.7. The lowest BCUT2D eigenvalue weighted by molar-refractivity contribution is 0.627. The van der Waals surface area contributed by atoms with Crippen LogP contribution in [0.25, 0.3) is 44.0 Å². The van der Waals surface area contributed by atoms with Gasteiger partial charge in [0, 0.05) is 29.5 Å². The van der Waals surface area contributed by atoms with Crippen molar-refractivity contribution in [2.75, 3.05) is 11.9 Å². The Morgan fingerprint density at radius 1 is 0.892 bits per heavy atom. The molecular formula is C32H23BFN3. The second kappa shape index (κ2) is 6.83. The van der Waals surface area contributed by atoms with Crippen molar-refractivity contribution in [2.45, 2.75) is 6.92 Å². The molecule has 3 nitrogen and oxygen atoms in total. The molecule has 4 heterocycles. The molecule has 2 aliphatic heterocycles. The smallest absolute Gasteiger partial charge is 0.252 e. The standard InChI is InChI=1S/C32H23BFN3/c1-5-18(2)30-19(3)35(4)27-16-23(34)17-28-31(27)33(30)24-11-8-12-25-32(24)37(28)29-15-22-13-20-9-6-7-10-21(20)14-26(22)36(25)29/h5-17H,1-2H2,3-4H3. The molecule has 5 heteroatoms. The van der Waals surface area contributed by atoms with Crippen LogP contribution in [0.1, 0.15) is 6.92 Å². The molecule has 0 atom stereocenters. The number of halogens is 1. The average Bonchev–Trinajstić information content (AvgIpc) is 3.42. The van der Waals surface area contributed by atoms with E-state index >= 15 is 4.39 Å². The molecule has 0 N–H and O–H groups in total. The van der Waals surface area contributed by atoms with Crippen molar-refractivity contribution in [2.24, 2.45) is 0 Å². The highest BCUT2D eigenvalue weighted by Gasteiger charge is 2.42. The number of nitrogens with zero attached hydrogens (tertiary/aromatic N) is 3. The number of fused-ring (bicyclic) bond motifs is 8. The molecule has 0 fully saturated rings. The van der Waals surface area contributed by atoms with Crippen LogP contribution in [0.15, 0.2) is 109 Å². The summed E-state index contributed by atoms with van der Waals surface area (Å²) < 4.78 is 19.9. The first-order chi connectivity index (χ1) is 18.0. The Balaban J connectivity index is 1.60. The molecule has 0 saturated carbocycles. The quantitative estimate of drug-likeness (QED) is 0.211. The predicted octanol–water partition coefficient (Wildman–Crippen LogP) is 6.26. The van der Waals surface area contributed by atoms with Crippen molar-refractivity contribution in [1.29, 1.82) is 0 Å². The number of aromatic nitrogens is 2. The molecular weight excluding hydrogens is 456 g/mol. The highest BCUT2D eigenvalue weighted by molar-refractivity contribution is 6.95. The molecule has 0 amide bonds. The molecule has 2 aromatic heterocycles. The zero-order valence-electron chi connectivity index (χ0n) is 20.7. The van der Waals surface area contributed by atoms with Gasteiger partial charge in [-0.05, 0) is 76.1 Å². The second-order valence-corrected chi connectivity index (χ2v) is 10.2. The van der Waals surface area contributed by atoms with Crippen LogP contribution < -0.4 is 15.8 Å². The Kier molecular flexibility index (Phi) is 3.81. The Morgan fingerprint density at radius 2 is 1.65 bits per heavy atom. The summed E-state index contributed by atoms with van der Waals surface area (Å²) in [6.07, 6.45) is 1.83. The van der Waals surface area contributed by atoms with Crippen LogP contribution in [0.5, 0.6) is 0 Å². The maximum absolute atomic E-state index is 15.3. The van der Waals surface area contributed by atoms with E-state index in [9.17, 15) is 0 Å². The largest absolute Gasteiger partial charge is 0.349 e. The molecule has 37 heavy (non-hydrogen) atoms. The third-order valence-corrected chi connectivity index (χ3v) is 8.47. The van der Waals surface area contributed by atoms with E-state index in [0.29, 0.717) is 0 Å². The van der Waals surface area contributed by atoms with Gasteiger partial charge in [0.2, 0.25) is 0 Å². The van der Waals surface area contributed by atoms with Gasteiger partial charge in [-0.2, -0.15) is 0 Å². The Bertz CT molecular complexity index is 2070. The molecule has 6 aromatic rings. The van der Waals surface area contributed by atoms with Gasteiger partial charge in [-0.15, -0.1) is 0 Å². The van der Waals surface area contributed by atoms with E-state index in [1.165, 1.54) is 21.6 Å². The molecule has 0 spiro atoms. The van der Waals surface area contributed by atoms with Crippen molar-refractivity contribution < 1.29 is 4.39 Å². The predicted molar refractivity (Wildman–Crippen MR) is 155 cm³/mol. The first kappa shape index (κ1) is 20.7. The highest BCUT2D eigenvalue weighted by Crippen LogP contribution is 2.39. The molecule has 4 aromatic carbocycles. The Hall–Kier alpha value is -4.51. The van der Waals surface area contributed by atoms with Gasteiger partial charge in [-0.1, -0.05) is 55.6 Å². The number of benzene rings is 4. The number of imidazole rings is 1. The van der Waals surface area contributed by atoms with Gasteiger partial charge in [0.05, 0.1) is 16.6 Å². The lowest BCUT2D eigenvalue weighted by atomic mass is 9.32. The van der Waals surface area contributed by atoms with E-state index in [2.05, 4.69) is 94.6 Å². The minimum atomic E-state index is -0.237. The SMILES string of the molecule is C=CC(=C)C1=C(C)N(C)c2cc(F)cc3c2B1c1cccc2c1n-3c1cc3cc4ccccc4cc3n21. The molecule has 0 aliphatic carbocycles. The van der Waals surface area contributed by atoms with Crippen LogP contribution in [-0.4, -0.2) is 22.7 Å². The van der Waals surface area contributed by atoms with Crippen LogP contribution >= 0.6 is 0 Å². The summed E-state index contributed by atoms with van der Waals surface area (Å²) in [6, 6.07) is 25.1. The summed E-state index contributed by atoms with van der Waals surface area (Å²) in [6.45, 7) is 10.4. The van der Waals surface area contributed by atoms with Gasteiger partial charge in [0.1, 0.15) is 11.5 Å². The summed E-state index contributed by atoms with van der Waals surface area (Å²) in [5, 5.41) is 3.59. The summed E-state index contributed by atoms with van der Waals surface area (Å²) in [5.74, 6) is -0.237. The first-order valence-electron chi connectivity index (χ1n) is 12.5. The molecule has 8 rings (SSSR count). The maximum atomic E-state index is 15.3. The normalized spacial score (nSPS) is 14.4. The number of hydrogen-bond acceptors (Lipinski definition) is 1. The van der Waals surface area contributed by atoms with Gasteiger partial charge >= 0.3 is 0 Å². The summed E-state index contributed by atoms with van der Waals surface area (Å²) in [7, 11) is 2.01. The van der Waals surface area contributed by atoms with Gasteiger partial charge in [-0.3, -0.25) is 8.97 Å². The zero-order chi connectivity index (χ0) is 25.2. The molecule has 0 unspecified atom stereocenters. The number of allylic oxidation sites excluding steroid dienone is 4. The van der Waals surface area contributed by atoms with E-state index in [0.717, 1.165) is 55.8 Å². The van der Waals surface area contributed by atoms with E-state index in [4.69, 9.17) is 0 Å². The van der Waals surface area contributed by atoms with Crippen molar-refractivity contribution in [1.82, 2.24) is 8.97 Å². The fraction of sp³-hybridized carbons (Fsp3) is 0.0625. The van der Waals surface area contributed by atoms with E-state index in [1.54, 1.807) is 12.1 Å². The van der Waals surface area contributed by atoms with Crippen LogP contribution in [0, 0.1) is 5.82 Å². The van der Waals surface area contributed by atoms with Gasteiger partial charge in [-0.25, -0.2) is 4.39 Å². The minimum absolute atomic E-state index is 0.0461. The summed E-state index contributed by atoms with van der Waals surface area (Å²) in [5.41, 5.74) is 11.6. The van der Waals surface area contributed by atoms with E-state index in [1.807, 2.05) is 13.1 Å². The topological polar surface area (TPSA) is 12.6 Å². The van der Waals surface area contributed by atoms with Crippen molar-refractivity contribution in [3.8, 4) is 5.69 Å². The van der Waals surface area contributed by atoms with Crippen LogP contribution in [-0.2, 0) is 0 Å². The lowest BCUT2D eigenvalue weighted by Gasteiger charge is -2.39. The third kappa shape index (κ3) is 2.42. The number of para-hydroxylation sites is 1. The highest BCUT2D eigenvalue weighted by atomic mass is 19.1. The summed E-state index contributed by atoms with van der Waals surface area (Å²) in [4.78, 5) is 2.09. The average molecular weight is 479 g/mol. The molecule has 176 valence electrons. The Labute approximate surface area is 214 Å². The number of hydrogen-bond donors (Lipinski definition) is 0. The van der Waals surface area contributed by atoms with Crippen molar-refractivity contribution in [3.05, 3.63) is 115 Å². The van der Waals surface area contributed by atoms with E-state index in [-0.39, 0.29) is 12.5 Å². The fourth-order valence-electron chi connectivity index (χ4n) is 6.77. The van der Waals surface area contributed by atoms with Crippen molar-refractivity contribution in [3.63, 3.8) is 0 Å². The second-order valence-electron chi connectivity index (χ2n) is 10.2.